The van der Waals surface area contributed by atoms with E-state index in [4.69, 9.17) is 14.0 Å². The lowest BCUT2D eigenvalue weighted by molar-refractivity contribution is -0.130. The molecule has 3 saturated heterocycles. The summed E-state index contributed by atoms with van der Waals surface area (Å²) in [7, 11) is 0. The molecular formula is C18H20N4O4. The smallest absolute Gasteiger partial charge is 0.258 e. The summed E-state index contributed by atoms with van der Waals surface area (Å²) in [5.41, 5.74) is 0.759. The number of rotatable bonds is 4. The predicted molar refractivity (Wildman–Crippen MR) is 90.4 cm³/mol. The highest BCUT2D eigenvalue weighted by Crippen LogP contribution is 2.35. The van der Waals surface area contributed by atoms with E-state index in [0.29, 0.717) is 29.1 Å². The third-order valence-corrected chi connectivity index (χ3v) is 5.46. The van der Waals surface area contributed by atoms with Crippen LogP contribution in [-0.4, -0.2) is 46.9 Å². The van der Waals surface area contributed by atoms with Crippen LogP contribution in [0.1, 0.15) is 25.1 Å². The molecule has 5 heterocycles. The number of fused-ring (bicyclic) bond motifs is 4. The zero-order valence-electron chi connectivity index (χ0n) is 14.3. The SMILES string of the molecule is O=C(NCc1noc(-c2ccc3c(c2)OCO3)n1)C1CC2CCN1CC2. The van der Waals surface area contributed by atoms with Crippen LogP contribution in [0.25, 0.3) is 11.5 Å². The molecule has 136 valence electrons. The molecule has 3 fully saturated rings. The summed E-state index contributed by atoms with van der Waals surface area (Å²) < 4.78 is 16.0. The Hall–Kier alpha value is -2.61. The predicted octanol–water partition coefficient (Wildman–Crippen LogP) is 1.57. The lowest BCUT2D eigenvalue weighted by Crippen LogP contribution is -2.55. The standard InChI is InChI=1S/C18H20N4O4/c23-17(13-7-11-3-5-22(13)6-4-11)19-9-16-20-18(26-21-16)12-1-2-14-15(8-12)25-10-24-14/h1-2,8,11,13H,3-7,9-10H2,(H,19,23). The molecule has 0 saturated carbocycles. The summed E-state index contributed by atoms with van der Waals surface area (Å²) in [5.74, 6) is 2.98. The molecule has 2 aromatic rings. The molecule has 1 aromatic carbocycles. The van der Waals surface area contributed by atoms with Crippen molar-refractivity contribution < 1.29 is 18.8 Å². The number of nitrogens with one attached hydrogen (secondary N) is 1. The van der Waals surface area contributed by atoms with Crippen LogP contribution in [0.2, 0.25) is 0 Å². The Morgan fingerprint density at radius 2 is 2.08 bits per heavy atom. The number of piperidine rings is 3. The Morgan fingerprint density at radius 3 is 2.88 bits per heavy atom. The first kappa shape index (κ1) is 15.6. The van der Waals surface area contributed by atoms with Crippen molar-refractivity contribution in [2.75, 3.05) is 19.9 Å². The maximum Gasteiger partial charge on any atom is 0.258 e. The second-order valence-corrected chi connectivity index (χ2v) is 7.03. The van der Waals surface area contributed by atoms with Crippen molar-refractivity contribution in [1.29, 1.82) is 0 Å². The highest BCUT2D eigenvalue weighted by molar-refractivity contribution is 5.81. The van der Waals surface area contributed by atoms with E-state index < -0.39 is 0 Å². The monoisotopic (exact) mass is 356 g/mol. The van der Waals surface area contributed by atoms with Crippen LogP contribution >= 0.6 is 0 Å². The molecule has 1 unspecified atom stereocenters. The van der Waals surface area contributed by atoms with Gasteiger partial charge in [-0.2, -0.15) is 4.98 Å². The molecular weight excluding hydrogens is 336 g/mol. The molecule has 1 aromatic heterocycles. The molecule has 4 aliphatic rings. The van der Waals surface area contributed by atoms with Gasteiger partial charge in [0.15, 0.2) is 17.3 Å². The molecule has 26 heavy (non-hydrogen) atoms. The normalized spacial score (nSPS) is 26.1. The third kappa shape index (κ3) is 2.80. The second kappa shape index (κ2) is 6.28. The van der Waals surface area contributed by atoms with Gasteiger partial charge >= 0.3 is 0 Å². The van der Waals surface area contributed by atoms with E-state index in [2.05, 4.69) is 20.4 Å². The fraction of sp³-hybridized carbons (Fsp3) is 0.500. The molecule has 1 N–H and O–H groups in total. The van der Waals surface area contributed by atoms with Crippen molar-refractivity contribution in [3.63, 3.8) is 0 Å². The summed E-state index contributed by atoms with van der Waals surface area (Å²) in [6.45, 7) is 2.54. The number of carbonyl (C=O) groups excluding carboxylic acids is 1. The summed E-state index contributed by atoms with van der Waals surface area (Å²) in [6.07, 6.45) is 3.39. The number of hydrogen-bond donors (Lipinski definition) is 1. The van der Waals surface area contributed by atoms with Gasteiger partial charge in [-0.3, -0.25) is 9.69 Å². The third-order valence-electron chi connectivity index (χ3n) is 5.46. The van der Waals surface area contributed by atoms with Crippen molar-refractivity contribution in [3.05, 3.63) is 24.0 Å². The quantitative estimate of drug-likeness (QED) is 0.889. The van der Waals surface area contributed by atoms with Gasteiger partial charge in [0.2, 0.25) is 12.7 Å². The van der Waals surface area contributed by atoms with E-state index in [-0.39, 0.29) is 25.3 Å². The van der Waals surface area contributed by atoms with Crippen LogP contribution in [0.15, 0.2) is 22.7 Å². The van der Waals surface area contributed by atoms with Crippen LogP contribution in [-0.2, 0) is 11.3 Å². The first-order valence-electron chi connectivity index (χ1n) is 9.00. The van der Waals surface area contributed by atoms with Gasteiger partial charge in [0.05, 0.1) is 12.6 Å². The molecule has 1 amide bonds. The molecule has 0 spiro atoms. The Labute approximate surface area is 150 Å². The number of amides is 1. The van der Waals surface area contributed by atoms with E-state index >= 15 is 0 Å². The minimum Gasteiger partial charge on any atom is -0.454 e. The van der Waals surface area contributed by atoms with Gasteiger partial charge in [-0.05, 0) is 56.5 Å². The topological polar surface area (TPSA) is 89.7 Å². The fourth-order valence-electron chi connectivity index (χ4n) is 3.99. The van der Waals surface area contributed by atoms with Crippen LogP contribution in [0.5, 0.6) is 11.5 Å². The maximum absolute atomic E-state index is 12.5. The average molecular weight is 356 g/mol. The summed E-state index contributed by atoms with van der Waals surface area (Å²) >= 11 is 0. The summed E-state index contributed by atoms with van der Waals surface area (Å²) in [4.78, 5) is 19.1. The Bertz CT molecular complexity index is 828. The fourth-order valence-corrected chi connectivity index (χ4v) is 3.99. The second-order valence-electron chi connectivity index (χ2n) is 7.03. The van der Waals surface area contributed by atoms with Gasteiger partial charge in [0.25, 0.3) is 5.89 Å². The van der Waals surface area contributed by atoms with E-state index in [1.165, 1.54) is 12.8 Å². The molecule has 1 atom stereocenters. The highest BCUT2D eigenvalue weighted by atomic mass is 16.7. The van der Waals surface area contributed by atoms with Crippen molar-refractivity contribution >= 4 is 5.91 Å². The summed E-state index contributed by atoms with van der Waals surface area (Å²) in [5, 5.41) is 6.91. The van der Waals surface area contributed by atoms with Crippen LogP contribution in [0.4, 0.5) is 0 Å². The zero-order chi connectivity index (χ0) is 17.5. The van der Waals surface area contributed by atoms with Crippen LogP contribution in [0, 0.1) is 5.92 Å². The Morgan fingerprint density at radius 1 is 1.23 bits per heavy atom. The highest BCUT2D eigenvalue weighted by Gasteiger charge is 2.37. The largest absolute Gasteiger partial charge is 0.454 e. The maximum atomic E-state index is 12.5. The molecule has 8 heteroatoms. The number of aromatic nitrogens is 2. The number of benzene rings is 1. The van der Waals surface area contributed by atoms with E-state index in [1.54, 1.807) is 0 Å². The van der Waals surface area contributed by atoms with Gasteiger partial charge in [-0.15, -0.1) is 0 Å². The van der Waals surface area contributed by atoms with Crippen LogP contribution < -0.4 is 14.8 Å². The van der Waals surface area contributed by atoms with E-state index in [1.807, 2.05) is 18.2 Å². The van der Waals surface area contributed by atoms with Crippen LogP contribution in [0.3, 0.4) is 0 Å². The number of hydrogen-bond acceptors (Lipinski definition) is 7. The van der Waals surface area contributed by atoms with Crippen molar-refractivity contribution in [2.24, 2.45) is 5.92 Å². The first-order chi connectivity index (χ1) is 12.8. The molecule has 0 radical (unpaired) electrons. The average Bonchev–Trinajstić information content (AvgIpc) is 3.35. The number of nitrogens with zero attached hydrogens (tertiary/aromatic N) is 3. The number of carbonyl (C=O) groups is 1. The lowest BCUT2D eigenvalue weighted by atomic mass is 9.83. The molecule has 0 aliphatic carbocycles. The molecule has 2 bridgehead atoms. The molecule has 6 rings (SSSR count). The van der Waals surface area contributed by atoms with Gasteiger partial charge in [-0.25, -0.2) is 0 Å². The van der Waals surface area contributed by atoms with Gasteiger partial charge in [0, 0.05) is 5.56 Å². The first-order valence-corrected chi connectivity index (χ1v) is 9.00. The summed E-state index contributed by atoms with van der Waals surface area (Å²) in [6, 6.07) is 5.46. The Kier molecular flexibility index (Phi) is 3.77. The lowest BCUT2D eigenvalue weighted by Gasteiger charge is -2.44. The van der Waals surface area contributed by atoms with E-state index in [9.17, 15) is 4.79 Å². The van der Waals surface area contributed by atoms with Crippen molar-refractivity contribution in [2.45, 2.75) is 31.8 Å². The minimum absolute atomic E-state index is 0.0114. The van der Waals surface area contributed by atoms with Crippen molar-refractivity contribution in [3.8, 4) is 23.0 Å². The zero-order valence-corrected chi connectivity index (χ0v) is 14.3. The molecule has 4 aliphatic heterocycles. The molecule has 8 nitrogen and oxygen atoms in total. The van der Waals surface area contributed by atoms with Crippen molar-refractivity contribution in [1.82, 2.24) is 20.4 Å². The minimum atomic E-state index is -0.0114. The van der Waals surface area contributed by atoms with Gasteiger partial charge < -0.3 is 19.3 Å². The van der Waals surface area contributed by atoms with Gasteiger partial charge in [-0.1, -0.05) is 5.16 Å². The van der Waals surface area contributed by atoms with E-state index in [0.717, 1.165) is 25.1 Å². The Balaban J connectivity index is 1.23. The van der Waals surface area contributed by atoms with Gasteiger partial charge in [0.1, 0.15) is 0 Å². The number of ether oxygens (including phenoxy) is 2.